The zero-order chi connectivity index (χ0) is 13.9. The van der Waals surface area contributed by atoms with Crippen molar-refractivity contribution in [2.45, 2.75) is 30.6 Å². The Hall–Kier alpha value is -1.61. The van der Waals surface area contributed by atoms with E-state index in [2.05, 4.69) is 12.1 Å². The van der Waals surface area contributed by atoms with Gasteiger partial charge in [-0.3, -0.25) is 4.21 Å². The van der Waals surface area contributed by atoms with E-state index in [4.69, 9.17) is 5.73 Å². The highest BCUT2D eigenvalue weighted by Crippen LogP contribution is 2.24. The van der Waals surface area contributed by atoms with Gasteiger partial charge in [-0.1, -0.05) is 24.3 Å². The van der Waals surface area contributed by atoms with Gasteiger partial charge in [-0.2, -0.15) is 0 Å². The van der Waals surface area contributed by atoms with E-state index in [1.54, 1.807) is 0 Å². The maximum atomic E-state index is 12.4. The molecule has 1 aliphatic carbocycles. The molecule has 0 saturated carbocycles. The van der Waals surface area contributed by atoms with Crippen LogP contribution in [0.4, 0.5) is 5.69 Å². The summed E-state index contributed by atoms with van der Waals surface area (Å²) in [6.07, 6.45) is 4.29. The molecule has 2 N–H and O–H groups in total. The van der Waals surface area contributed by atoms with Gasteiger partial charge < -0.3 is 5.73 Å². The van der Waals surface area contributed by atoms with Gasteiger partial charge >= 0.3 is 0 Å². The summed E-state index contributed by atoms with van der Waals surface area (Å²) in [7, 11) is -0.940. The molecule has 0 amide bonds. The average Bonchev–Trinajstić information content (AvgIpc) is 2.93. The zero-order valence-corrected chi connectivity index (χ0v) is 12.3. The topological polar surface area (TPSA) is 43.1 Å². The number of nitrogens with two attached hydrogens (primary N) is 1. The number of rotatable bonds is 4. The van der Waals surface area contributed by atoms with E-state index in [0.717, 1.165) is 29.0 Å². The number of benzene rings is 2. The highest BCUT2D eigenvalue weighted by atomic mass is 32.2. The normalized spacial score (nSPS) is 15.0. The molecular weight excluding hydrogens is 266 g/mol. The van der Waals surface area contributed by atoms with Gasteiger partial charge in [0.1, 0.15) is 0 Å². The fraction of sp³-hybridized carbons (Fsp3) is 0.294. The predicted molar refractivity (Wildman–Crippen MR) is 84.3 cm³/mol. The standard InChI is InChI=1S/C17H19NOS/c18-17-7-2-1-4-14(17)10-11-20(19)16-9-8-13-5-3-6-15(13)12-16/h1-2,4,7-9,12H,3,5-6,10-11,18H2. The van der Waals surface area contributed by atoms with Gasteiger partial charge in [-0.15, -0.1) is 0 Å². The van der Waals surface area contributed by atoms with Gasteiger partial charge in [0.2, 0.25) is 0 Å². The first-order valence-corrected chi connectivity index (χ1v) is 8.39. The monoisotopic (exact) mass is 285 g/mol. The number of hydrogen-bond donors (Lipinski definition) is 1. The molecule has 0 aromatic heterocycles. The van der Waals surface area contributed by atoms with Crippen molar-refractivity contribution in [1.82, 2.24) is 0 Å². The molecule has 0 spiro atoms. The maximum absolute atomic E-state index is 12.4. The maximum Gasteiger partial charge on any atom is 0.0532 e. The predicted octanol–water partition coefficient (Wildman–Crippen LogP) is 3.11. The first-order chi connectivity index (χ1) is 9.74. The number of fused-ring (bicyclic) bond motifs is 1. The lowest BCUT2D eigenvalue weighted by atomic mass is 10.1. The third-order valence-corrected chi connectivity index (χ3v) is 5.30. The molecule has 2 aromatic rings. The van der Waals surface area contributed by atoms with Crippen LogP contribution in [0.25, 0.3) is 0 Å². The molecule has 3 rings (SSSR count). The molecule has 1 atom stereocenters. The SMILES string of the molecule is Nc1ccccc1CCS(=O)c1ccc2c(c1)CCC2. The molecule has 0 heterocycles. The Morgan fingerprint density at radius 3 is 2.70 bits per heavy atom. The quantitative estimate of drug-likeness (QED) is 0.877. The van der Waals surface area contributed by atoms with Crippen LogP contribution in [0, 0.1) is 0 Å². The van der Waals surface area contributed by atoms with E-state index >= 15 is 0 Å². The van der Waals surface area contributed by atoms with Crippen molar-refractivity contribution in [1.29, 1.82) is 0 Å². The van der Waals surface area contributed by atoms with Crippen LogP contribution in [-0.4, -0.2) is 9.96 Å². The van der Waals surface area contributed by atoms with Crippen molar-refractivity contribution in [2.24, 2.45) is 0 Å². The lowest BCUT2D eigenvalue weighted by Crippen LogP contribution is -2.04. The molecule has 1 unspecified atom stereocenters. The summed E-state index contributed by atoms with van der Waals surface area (Å²) in [5.41, 5.74) is 10.6. The average molecular weight is 285 g/mol. The molecule has 0 bridgehead atoms. The highest BCUT2D eigenvalue weighted by Gasteiger charge is 2.13. The molecular formula is C17H19NOS. The second kappa shape index (κ2) is 5.80. The van der Waals surface area contributed by atoms with Crippen LogP contribution in [0.2, 0.25) is 0 Å². The van der Waals surface area contributed by atoms with Crippen molar-refractivity contribution in [3.05, 3.63) is 59.2 Å². The van der Waals surface area contributed by atoms with Crippen LogP contribution in [0.5, 0.6) is 0 Å². The van der Waals surface area contributed by atoms with Crippen LogP contribution in [0.15, 0.2) is 47.4 Å². The molecule has 20 heavy (non-hydrogen) atoms. The van der Waals surface area contributed by atoms with Gasteiger partial charge in [0.05, 0.1) is 10.8 Å². The molecule has 0 saturated heterocycles. The van der Waals surface area contributed by atoms with E-state index < -0.39 is 10.8 Å². The lowest BCUT2D eigenvalue weighted by Gasteiger charge is -2.07. The Morgan fingerprint density at radius 1 is 1.05 bits per heavy atom. The molecule has 104 valence electrons. The fourth-order valence-electron chi connectivity index (χ4n) is 2.77. The number of aryl methyl sites for hydroxylation is 3. The van der Waals surface area contributed by atoms with Crippen molar-refractivity contribution in [2.75, 3.05) is 11.5 Å². The number of para-hydroxylation sites is 1. The molecule has 2 nitrogen and oxygen atoms in total. The van der Waals surface area contributed by atoms with Gasteiger partial charge in [0.25, 0.3) is 0 Å². The van der Waals surface area contributed by atoms with Crippen LogP contribution in [-0.2, 0) is 30.1 Å². The summed E-state index contributed by atoms with van der Waals surface area (Å²) in [6.45, 7) is 0. The van der Waals surface area contributed by atoms with Gasteiger partial charge in [-0.05, 0) is 60.6 Å². The Labute approximate surface area is 122 Å². The first-order valence-electron chi connectivity index (χ1n) is 7.07. The van der Waals surface area contributed by atoms with E-state index in [1.165, 1.54) is 24.0 Å². The number of hydrogen-bond acceptors (Lipinski definition) is 2. The molecule has 1 aliphatic rings. The third kappa shape index (κ3) is 2.78. The summed E-state index contributed by atoms with van der Waals surface area (Å²) >= 11 is 0. The first kappa shape index (κ1) is 13.4. The molecule has 0 aliphatic heterocycles. The van der Waals surface area contributed by atoms with Crippen LogP contribution in [0.1, 0.15) is 23.1 Å². The van der Waals surface area contributed by atoms with Crippen molar-refractivity contribution in [3.8, 4) is 0 Å². The Morgan fingerprint density at radius 2 is 1.85 bits per heavy atom. The van der Waals surface area contributed by atoms with E-state index in [1.807, 2.05) is 30.3 Å². The summed E-state index contributed by atoms with van der Waals surface area (Å²) in [4.78, 5) is 0.958. The van der Waals surface area contributed by atoms with Crippen LogP contribution in [0.3, 0.4) is 0 Å². The summed E-state index contributed by atoms with van der Waals surface area (Å²) in [6, 6.07) is 14.1. The van der Waals surface area contributed by atoms with Crippen LogP contribution >= 0.6 is 0 Å². The highest BCUT2D eigenvalue weighted by molar-refractivity contribution is 7.85. The van der Waals surface area contributed by atoms with Crippen molar-refractivity contribution >= 4 is 16.5 Å². The lowest BCUT2D eigenvalue weighted by molar-refractivity contribution is 0.682. The van der Waals surface area contributed by atoms with E-state index in [0.29, 0.717) is 5.75 Å². The molecule has 0 radical (unpaired) electrons. The smallest absolute Gasteiger partial charge is 0.0532 e. The van der Waals surface area contributed by atoms with Gasteiger partial charge in [0.15, 0.2) is 0 Å². The zero-order valence-electron chi connectivity index (χ0n) is 11.5. The Kier molecular flexibility index (Phi) is 3.88. The van der Waals surface area contributed by atoms with E-state index in [9.17, 15) is 4.21 Å². The Balaban J connectivity index is 1.69. The van der Waals surface area contributed by atoms with Crippen LogP contribution < -0.4 is 5.73 Å². The van der Waals surface area contributed by atoms with E-state index in [-0.39, 0.29) is 0 Å². The second-order valence-corrected chi connectivity index (χ2v) is 6.85. The minimum Gasteiger partial charge on any atom is -0.399 e. The number of nitrogen functional groups attached to an aromatic ring is 1. The Bertz CT molecular complexity index is 651. The van der Waals surface area contributed by atoms with Gasteiger partial charge in [0, 0.05) is 16.3 Å². The minimum absolute atomic E-state index is 0.632. The third-order valence-electron chi connectivity index (χ3n) is 3.94. The van der Waals surface area contributed by atoms with Crippen molar-refractivity contribution in [3.63, 3.8) is 0 Å². The number of anilines is 1. The summed E-state index contributed by atoms with van der Waals surface area (Å²) in [5, 5.41) is 0. The molecule has 3 heteroatoms. The van der Waals surface area contributed by atoms with Crippen molar-refractivity contribution < 1.29 is 4.21 Å². The molecule has 0 fully saturated rings. The fourth-order valence-corrected chi connectivity index (χ4v) is 3.91. The summed E-state index contributed by atoms with van der Waals surface area (Å²) < 4.78 is 12.4. The minimum atomic E-state index is -0.940. The largest absolute Gasteiger partial charge is 0.399 e. The summed E-state index contributed by atoms with van der Waals surface area (Å²) in [5.74, 6) is 0.632. The molecule has 2 aromatic carbocycles. The second-order valence-electron chi connectivity index (χ2n) is 5.28. The van der Waals surface area contributed by atoms with Gasteiger partial charge in [-0.25, -0.2) is 0 Å².